The van der Waals surface area contributed by atoms with Crippen LogP contribution in [0.3, 0.4) is 0 Å². The molecule has 7 nitrogen and oxygen atoms in total. The van der Waals surface area contributed by atoms with Crippen molar-refractivity contribution in [2.75, 3.05) is 19.4 Å². The van der Waals surface area contributed by atoms with Crippen LogP contribution in [0.5, 0.6) is 0 Å². The lowest BCUT2D eigenvalue weighted by Gasteiger charge is -2.09. The number of hydrogen-bond acceptors (Lipinski definition) is 7. The maximum Gasteiger partial charge on any atom is 0.273 e. The molecule has 29 heavy (non-hydrogen) atoms. The van der Waals surface area contributed by atoms with Gasteiger partial charge in [-0.25, -0.2) is 9.97 Å². The van der Waals surface area contributed by atoms with Gasteiger partial charge in [0.1, 0.15) is 5.01 Å². The van der Waals surface area contributed by atoms with E-state index >= 15 is 0 Å². The normalized spacial score (nSPS) is 10.9. The second kappa shape index (κ2) is 7.90. The standard InChI is InChI=1S/C19H14Cl2N6OS/c1-27(2)19(28)13-6-7-14(26-25-13)24-17-16-12(8-9-22-17)23-18(29-16)15-10(20)4-3-5-11(15)21/h3-9H,1-2H3,(H,22,24,26). The highest BCUT2D eigenvalue weighted by Gasteiger charge is 2.16. The van der Waals surface area contributed by atoms with Gasteiger partial charge in [-0.15, -0.1) is 21.5 Å². The molecule has 146 valence electrons. The maximum atomic E-state index is 11.9. The molecule has 3 heterocycles. The summed E-state index contributed by atoms with van der Waals surface area (Å²) >= 11 is 14.1. The fraction of sp³-hybridized carbons (Fsp3) is 0.105. The van der Waals surface area contributed by atoms with Crippen molar-refractivity contribution in [2.45, 2.75) is 0 Å². The van der Waals surface area contributed by atoms with E-state index in [1.807, 2.05) is 6.07 Å². The highest BCUT2D eigenvalue weighted by atomic mass is 35.5. The van der Waals surface area contributed by atoms with Crippen LogP contribution in [0.15, 0.2) is 42.6 Å². The van der Waals surface area contributed by atoms with Crippen LogP contribution in [0.4, 0.5) is 11.6 Å². The Hall–Kier alpha value is -2.81. The zero-order chi connectivity index (χ0) is 20.5. The first-order valence-electron chi connectivity index (χ1n) is 8.46. The highest BCUT2D eigenvalue weighted by Crippen LogP contribution is 2.40. The minimum atomic E-state index is -0.215. The second-order valence-electron chi connectivity index (χ2n) is 6.25. The van der Waals surface area contributed by atoms with E-state index in [-0.39, 0.29) is 11.6 Å². The summed E-state index contributed by atoms with van der Waals surface area (Å²) < 4.78 is 0.828. The Morgan fingerprint density at radius 2 is 1.83 bits per heavy atom. The smallest absolute Gasteiger partial charge is 0.273 e. The van der Waals surface area contributed by atoms with Gasteiger partial charge in [-0.3, -0.25) is 4.79 Å². The molecule has 0 aliphatic rings. The number of hydrogen-bond donors (Lipinski definition) is 1. The number of amides is 1. The zero-order valence-electron chi connectivity index (χ0n) is 15.3. The molecule has 1 amide bonds. The third-order valence-electron chi connectivity index (χ3n) is 4.02. The van der Waals surface area contributed by atoms with Gasteiger partial charge in [-0.1, -0.05) is 29.3 Å². The Labute approximate surface area is 180 Å². The summed E-state index contributed by atoms with van der Waals surface area (Å²) in [4.78, 5) is 22.4. The summed E-state index contributed by atoms with van der Waals surface area (Å²) in [7, 11) is 3.32. The van der Waals surface area contributed by atoms with Crippen LogP contribution < -0.4 is 5.32 Å². The third kappa shape index (κ3) is 3.87. The molecule has 1 aromatic carbocycles. The number of nitrogens with one attached hydrogen (secondary N) is 1. The molecule has 0 atom stereocenters. The summed E-state index contributed by atoms with van der Waals surface area (Å²) in [5, 5.41) is 12.9. The predicted molar refractivity (Wildman–Crippen MR) is 116 cm³/mol. The maximum absolute atomic E-state index is 11.9. The molecule has 4 rings (SSSR count). The van der Waals surface area contributed by atoms with Crippen LogP contribution in [0.1, 0.15) is 10.5 Å². The van der Waals surface area contributed by atoms with Crippen molar-refractivity contribution < 1.29 is 4.79 Å². The summed E-state index contributed by atoms with van der Waals surface area (Å²) in [6.07, 6.45) is 1.65. The van der Waals surface area contributed by atoms with Gasteiger partial charge < -0.3 is 10.2 Å². The minimum Gasteiger partial charge on any atom is -0.343 e. The third-order valence-corrected chi connectivity index (χ3v) is 5.74. The molecular formula is C19H14Cl2N6OS. The first-order chi connectivity index (χ1) is 13.9. The van der Waals surface area contributed by atoms with E-state index in [0.29, 0.717) is 32.3 Å². The van der Waals surface area contributed by atoms with Crippen LogP contribution in [0.25, 0.3) is 20.8 Å². The molecule has 0 bridgehead atoms. The van der Waals surface area contributed by atoms with E-state index in [4.69, 9.17) is 23.2 Å². The fourth-order valence-corrected chi connectivity index (χ4v) is 4.38. The number of pyridine rings is 1. The molecule has 0 saturated heterocycles. The summed E-state index contributed by atoms with van der Waals surface area (Å²) in [5.74, 6) is 0.828. The van der Waals surface area contributed by atoms with E-state index in [9.17, 15) is 4.79 Å². The van der Waals surface area contributed by atoms with Crippen molar-refractivity contribution in [3.05, 3.63) is 58.3 Å². The number of halogens is 2. The first-order valence-corrected chi connectivity index (χ1v) is 10.0. The monoisotopic (exact) mass is 444 g/mol. The van der Waals surface area contributed by atoms with Crippen LogP contribution in [-0.2, 0) is 0 Å². The Bertz CT molecular complexity index is 1190. The quantitative estimate of drug-likeness (QED) is 0.481. The van der Waals surface area contributed by atoms with Gasteiger partial charge in [0.25, 0.3) is 5.91 Å². The van der Waals surface area contributed by atoms with Crippen molar-refractivity contribution in [3.63, 3.8) is 0 Å². The number of aromatic nitrogens is 4. The summed E-state index contributed by atoms with van der Waals surface area (Å²) in [6.45, 7) is 0. The van der Waals surface area contributed by atoms with E-state index in [0.717, 1.165) is 10.2 Å². The van der Waals surface area contributed by atoms with Gasteiger partial charge in [-0.05, 0) is 30.3 Å². The zero-order valence-corrected chi connectivity index (χ0v) is 17.7. The molecular weight excluding hydrogens is 431 g/mol. The second-order valence-corrected chi connectivity index (χ2v) is 8.07. The molecule has 3 aromatic heterocycles. The Kier molecular flexibility index (Phi) is 5.31. The number of carbonyl (C=O) groups is 1. The highest BCUT2D eigenvalue weighted by molar-refractivity contribution is 7.22. The lowest BCUT2D eigenvalue weighted by molar-refractivity contribution is 0.0821. The van der Waals surface area contributed by atoms with Gasteiger partial charge in [0, 0.05) is 25.9 Å². The van der Waals surface area contributed by atoms with E-state index in [1.54, 1.807) is 50.6 Å². The van der Waals surface area contributed by atoms with Gasteiger partial charge in [0.15, 0.2) is 17.3 Å². The Morgan fingerprint density at radius 3 is 2.48 bits per heavy atom. The van der Waals surface area contributed by atoms with Crippen LogP contribution in [-0.4, -0.2) is 45.1 Å². The van der Waals surface area contributed by atoms with E-state index < -0.39 is 0 Å². The van der Waals surface area contributed by atoms with Crippen LogP contribution in [0, 0.1) is 0 Å². The molecule has 4 aromatic rings. The number of rotatable bonds is 4. The summed E-state index contributed by atoms with van der Waals surface area (Å²) in [5.41, 5.74) is 1.71. The average molecular weight is 445 g/mol. The average Bonchev–Trinajstić information content (AvgIpc) is 3.12. The number of benzene rings is 1. The topological polar surface area (TPSA) is 83.9 Å². The lowest BCUT2D eigenvalue weighted by atomic mass is 10.2. The van der Waals surface area contributed by atoms with Crippen molar-refractivity contribution >= 4 is 62.3 Å². The SMILES string of the molecule is CN(C)C(=O)c1ccc(Nc2nccc3nc(-c4c(Cl)cccc4Cl)sc23)nn1. The molecule has 0 aliphatic heterocycles. The van der Waals surface area contributed by atoms with E-state index in [1.165, 1.54) is 16.2 Å². The number of anilines is 2. The molecule has 0 unspecified atom stereocenters. The lowest BCUT2D eigenvalue weighted by Crippen LogP contribution is -2.23. The largest absolute Gasteiger partial charge is 0.343 e. The van der Waals surface area contributed by atoms with Crippen LogP contribution >= 0.6 is 34.5 Å². The van der Waals surface area contributed by atoms with Crippen molar-refractivity contribution in [1.82, 2.24) is 25.1 Å². The molecule has 10 heteroatoms. The molecule has 0 spiro atoms. The fourth-order valence-electron chi connectivity index (χ4n) is 2.62. The number of nitrogens with zero attached hydrogens (tertiary/aromatic N) is 5. The Morgan fingerprint density at radius 1 is 1.07 bits per heavy atom. The van der Waals surface area contributed by atoms with Gasteiger partial charge in [-0.2, -0.15) is 0 Å². The van der Waals surface area contributed by atoms with Crippen molar-refractivity contribution in [3.8, 4) is 10.6 Å². The Balaban J connectivity index is 1.69. The first kappa shape index (κ1) is 19.5. The number of thiazole rings is 1. The molecule has 0 aliphatic carbocycles. The molecule has 0 saturated carbocycles. The number of carbonyl (C=O) groups excluding carboxylic acids is 1. The molecule has 0 fully saturated rings. The molecule has 0 radical (unpaired) electrons. The van der Waals surface area contributed by atoms with Gasteiger partial charge in [0.05, 0.1) is 20.3 Å². The van der Waals surface area contributed by atoms with Crippen molar-refractivity contribution in [1.29, 1.82) is 0 Å². The van der Waals surface area contributed by atoms with E-state index in [2.05, 4.69) is 25.5 Å². The van der Waals surface area contributed by atoms with Gasteiger partial charge >= 0.3 is 0 Å². The number of fused-ring (bicyclic) bond motifs is 1. The predicted octanol–water partition coefficient (Wildman–Crippen LogP) is 4.90. The van der Waals surface area contributed by atoms with Gasteiger partial charge in [0.2, 0.25) is 0 Å². The van der Waals surface area contributed by atoms with Crippen molar-refractivity contribution in [2.24, 2.45) is 0 Å². The van der Waals surface area contributed by atoms with Crippen LogP contribution in [0.2, 0.25) is 10.0 Å². The summed E-state index contributed by atoms with van der Waals surface area (Å²) in [6, 6.07) is 10.4. The molecule has 1 N–H and O–H groups in total. The minimum absolute atomic E-state index is 0.215.